The Labute approximate surface area is 211 Å². The van der Waals surface area contributed by atoms with E-state index in [-0.39, 0.29) is 11.9 Å². The van der Waals surface area contributed by atoms with Crippen molar-refractivity contribution in [3.8, 4) is 11.5 Å². The molecule has 1 aliphatic rings. The van der Waals surface area contributed by atoms with Gasteiger partial charge in [0.15, 0.2) is 11.0 Å². The summed E-state index contributed by atoms with van der Waals surface area (Å²) in [6, 6.07) is 14.9. The Hall–Kier alpha value is -3.00. The number of ether oxygens (including phenoxy) is 2. The van der Waals surface area contributed by atoms with Gasteiger partial charge in [-0.05, 0) is 48.9 Å². The molecule has 0 unspecified atom stereocenters. The van der Waals surface area contributed by atoms with Gasteiger partial charge in [0.25, 0.3) is 5.91 Å². The second kappa shape index (κ2) is 12.1. The second-order valence-corrected chi connectivity index (χ2v) is 9.98. The predicted molar refractivity (Wildman–Crippen MR) is 138 cm³/mol. The van der Waals surface area contributed by atoms with Gasteiger partial charge in [-0.25, -0.2) is 0 Å². The third-order valence-electron chi connectivity index (χ3n) is 6.59. The number of thioether (sulfide) groups is 1. The number of amides is 1. The van der Waals surface area contributed by atoms with Crippen molar-refractivity contribution in [3.05, 3.63) is 65.5 Å². The number of hydrogen-bond acceptors (Lipinski definition) is 6. The molecule has 1 amide bonds. The van der Waals surface area contributed by atoms with E-state index in [1.54, 1.807) is 44.2 Å². The van der Waals surface area contributed by atoms with Crippen molar-refractivity contribution in [2.24, 2.45) is 13.0 Å². The fraction of sp³-hybridized carbons (Fsp3) is 0.444. The zero-order valence-corrected chi connectivity index (χ0v) is 21.5. The molecule has 4 rings (SSSR count). The molecule has 2 aromatic carbocycles. The Morgan fingerprint density at radius 3 is 2.57 bits per heavy atom. The maximum Gasteiger partial charge on any atom is 0.255 e. The van der Waals surface area contributed by atoms with Crippen LogP contribution < -0.4 is 14.8 Å². The third-order valence-corrected chi connectivity index (χ3v) is 7.84. The molecule has 0 spiro atoms. The Morgan fingerprint density at radius 2 is 1.86 bits per heavy atom. The molecule has 1 heterocycles. The van der Waals surface area contributed by atoms with Gasteiger partial charge in [-0.1, -0.05) is 61.4 Å². The van der Waals surface area contributed by atoms with Gasteiger partial charge < -0.3 is 19.4 Å². The number of hydrogen-bond donors (Lipinski definition) is 1. The van der Waals surface area contributed by atoms with Crippen molar-refractivity contribution >= 4 is 17.7 Å². The Kier molecular flexibility index (Phi) is 8.69. The summed E-state index contributed by atoms with van der Waals surface area (Å²) in [5.41, 5.74) is 1.52. The zero-order valence-electron chi connectivity index (χ0n) is 20.7. The minimum absolute atomic E-state index is 0.249. The van der Waals surface area contributed by atoms with Gasteiger partial charge in [-0.3, -0.25) is 4.79 Å². The molecule has 35 heavy (non-hydrogen) atoms. The van der Waals surface area contributed by atoms with E-state index in [1.807, 2.05) is 29.8 Å². The highest BCUT2D eigenvalue weighted by Crippen LogP contribution is 2.31. The average Bonchev–Trinajstić information content (AvgIpc) is 3.27. The van der Waals surface area contributed by atoms with Crippen LogP contribution in [0, 0.1) is 5.92 Å². The topological polar surface area (TPSA) is 78.3 Å². The Balaban J connectivity index is 1.57. The lowest BCUT2D eigenvalue weighted by Gasteiger charge is -2.21. The van der Waals surface area contributed by atoms with Crippen LogP contribution in [0.2, 0.25) is 0 Å². The maximum absolute atomic E-state index is 13.4. The molecular formula is C27H34N4O3S. The van der Waals surface area contributed by atoms with Crippen molar-refractivity contribution in [2.75, 3.05) is 20.0 Å². The van der Waals surface area contributed by atoms with Crippen LogP contribution in [-0.2, 0) is 13.5 Å². The van der Waals surface area contributed by atoms with Crippen LogP contribution in [0.25, 0.3) is 0 Å². The smallest absolute Gasteiger partial charge is 0.255 e. The van der Waals surface area contributed by atoms with E-state index in [0.29, 0.717) is 23.5 Å². The number of nitrogens with one attached hydrogen (secondary N) is 1. The first-order chi connectivity index (χ1) is 17.1. The van der Waals surface area contributed by atoms with Crippen LogP contribution >= 0.6 is 11.8 Å². The number of nitrogens with zero attached hydrogens (tertiary/aromatic N) is 3. The van der Waals surface area contributed by atoms with Crippen LogP contribution in [0.1, 0.15) is 59.9 Å². The Bertz CT molecular complexity index is 1110. The highest BCUT2D eigenvalue weighted by atomic mass is 32.2. The maximum atomic E-state index is 13.4. The summed E-state index contributed by atoms with van der Waals surface area (Å²) in [5.74, 6) is 3.37. The van der Waals surface area contributed by atoms with Crippen LogP contribution in [0.3, 0.4) is 0 Å². The average molecular weight is 495 g/mol. The van der Waals surface area contributed by atoms with Crippen molar-refractivity contribution in [1.29, 1.82) is 0 Å². The van der Waals surface area contributed by atoms with E-state index in [4.69, 9.17) is 9.47 Å². The molecule has 0 radical (unpaired) electrons. The number of methoxy groups -OCH3 is 2. The molecule has 3 aromatic rings. The van der Waals surface area contributed by atoms with Crippen molar-refractivity contribution in [3.63, 3.8) is 0 Å². The number of rotatable bonds is 10. The highest BCUT2D eigenvalue weighted by Gasteiger charge is 2.25. The SMILES string of the molecule is COc1ccc(OC)c(C(=O)N[C@H](Cc2ccccc2)c2nnc(SCC3CCCCC3)n2C)c1. The van der Waals surface area contributed by atoms with E-state index >= 15 is 0 Å². The molecule has 186 valence electrons. The van der Waals surface area contributed by atoms with E-state index in [9.17, 15) is 4.79 Å². The van der Waals surface area contributed by atoms with Crippen molar-refractivity contribution < 1.29 is 14.3 Å². The fourth-order valence-corrected chi connectivity index (χ4v) is 5.69. The minimum atomic E-state index is -0.359. The molecule has 1 atom stereocenters. The molecule has 8 heteroatoms. The van der Waals surface area contributed by atoms with E-state index in [2.05, 4.69) is 27.6 Å². The minimum Gasteiger partial charge on any atom is -0.497 e. The molecule has 1 aromatic heterocycles. The third kappa shape index (κ3) is 6.36. The van der Waals surface area contributed by atoms with Crippen molar-refractivity contribution in [1.82, 2.24) is 20.1 Å². The molecule has 7 nitrogen and oxygen atoms in total. The summed E-state index contributed by atoms with van der Waals surface area (Å²) in [6.45, 7) is 0. The summed E-state index contributed by atoms with van der Waals surface area (Å²) in [7, 11) is 5.11. The lowest BCUT2D eigenvalue weighted by Crippen LogP contribution is -2.32. The molecule has 0 aliphatic heterocycles. The van der Waals surface area contributed by atoms with E-state index < -0.39 is 0 Å². The van der Waals surface area contributed by atoms with Crippen LogP contribution in [0.15, 0.2) is 53.7 Å². The standard InChI is InChI=1S/C27H34N4O3S/c1-31-25(29-30-27(31)35-18-20-12-8-5-9-13-20)23(16-19-10-6-4-7-11-19)28-26(32)22-17-21(33-2)14-15-24(22)34-3/h4,6-7,10-11,14-15,17,20,23H,5,8-9,12-13,16,18H2,1-3H3,(H,28,32)/t23-/m1/s1. The molecular weight excluding hydrogens is 460 g/mol. The number of benzene rings is 2. The molecule has 1 fully saturated rings. The molecule has 0 saturated heterocycles. The number of aromatic nitrogens is 3. The first-order valence-electron chi connectivity index (χ1n) is 12.2. The van der Waals surface area contributed by atoms with Gasteiger partial charge in [0.05, 0.1) is 25.8 Å². The highest BCUT2D eigenvalue weighted by molar-refractivity contribution is 7.99. The largest absolute Gasteiger partial charge is 0.497 e. The van der Waals surface area contributed by atoms with Gasteiger partial charge in [-0.15, -0.1) is 10.2 Å². The summed E-state index contributed by atoms with van der Waals surface area (Å²) in [5, 5.41) is 13.1. The van der Waals surface area contributed by atoms with Gasteiger partial charge in [0.1, 0.15) is 11.5 Å². The Morgan fingerprint density at radius 1 is 1.09 bits per heavy atom. The molecule has 1 N–H and O–H groups in total. The normalized spacial score (nSPS) is 14.9. The monoisotopic (exact) mass is 494 g/mol. The van der Waals surface area contributed by atoms with Crippen LogP contribution in [0.4, 0.5) is 0 Å². The lowest BCUT2D eigenvalue weighted by molar-refractivity contribution is 0.0930. The van der Waals surface area contributed by atoms with Crippen LogP contribution in [0.5, 0.6) is 11.5 Å². The number of carbonyl (C=O) groups is 1. The first kappa shape index (κ1) is 25.1. The number of carbonyl (C=O) groups excluding carboxylic acids is 1. The van der Waals surface area contributed by atoms with Gasteiger partial charge >= 0.3 is 0 Å². The summed E-state index contributed by atoms with van der Waals surface area (Å²) in [6.07, 6.45) is 7.20. The predicted octanol–water partition coefficient (Wildman–Crippen LogP) is 5.22. The van der Waals surface area contributed by atoms with Gasteiger partial charge in [0.2, 0.25) is 0 Å². The fourth-order valence-electron chi connectivity index (χ4n) is 4.59. The van der Waals surface area contributed by atoms with E-state index in [0.717, 1.165) is 28.2 Å². The lowest BCUT2D eigenvalue weighted by atomic mass is 9.91. The zero-order chi connectivity index (χ0) is 24.6. The first-order valence-corrected chi connectivity index (χ1v) is 13.2. The summed E-state index contributed by atoms with van der Waals surface area (Å²) in [4.78, 5) is 13.4. The van der Waals surface area contributed by atoms with Gasteiger partial charge in [0, 0.05) is 12.8 Å². The van der Waals surface area contributed by atoms with Crippen molar-refractivity contribution in [2.45, 2.75) is 49.7 Å². The van der Waals surface area contributed by atoms with Crippen LogP contribution in [-0.4, -0.2) is 40.6 Å². The molecule has 1 aliphatic carbocycles. The second-order valence-electron chi connectivity index (χ2n) is 9.00. The molecule has 1 saturated carbocycles. The van der Waals surface area contributed by atoms with Gasteiger partial charge in [-0.2, -0.15) is 0 Å². The summed E-state index contributed by atoms with van der Waals surface area (Å²) < 4.78 is 12.8. The molecule has 0 bridgehead atoms. The quantitative estimate of drug-likeness (QED) is 0.390. The van der Waals surface area contributed by atoms with E-state index in [1.165, 1.54) is 32.1 Å². The summed E-state index contributed by atoms with van der Waals surface area (Å²) >= 11 is 1.76.